The van der Waals surface area contributed by atoms with Crippen molar-refractivity contribution in [1.29, 1.82) is 0 Å². The van der Waals surface area contributed by atoms with Crippen LogP contribution in [0.15, 0.2) is 30.3 Å². The van der Waals surface area contributed by atoms with Crippen molar-refractivity contribution in [2.45, 2.75) is 58.5 Å². The summed E-state index contributed by atoms with van der Waals surface area (Å²) >= 11 is 0. The van der Waals surface area contributed by atoms with Crippen LogP contribution >= 0.6 is 0 Å². The largest absolute Gasteiger partial charge is 0.323 e. The molecule has 0 saturated carbocycles. The van der Waals surface area contributed by atoms with Gasteiger partial charge >= 0.3 is 0 Å². The van der Waals surface area contributed by atoms with Crippen LogP contribution in [0, 0.1) is 5.41 Å². The molecule has 0 aromatic heterocycles. The molecule has 20 heavy (non-hydrogen) atoms. The molecule has 1 saturated heterocycles. The van der Waals surface area contributed by atoms with Gasteiger partial charge in [0.15, 0.2) is 0 Å². The molecule has 1 fully saturated rings. The van der Waals surface area contributed by atoms with Crippen LogP contribution < -0.4 is 5.73 Å². The number of likely N-dealkylation sites (tertiary alicyclic amines) is 1. The average molecular weight is 274 g/mol. The molecule has 0 radical (unpaired) electrons. The summed E-state index contributed by atoms with van der Waals surface area (Å²) < 4.78 is 0. The second-order valence-electron chi connectivity index (χ2n) is 6.34. The van der Waals surface area contributed by atoms with Crippen LogP contribution in [0.1, 0.15) is 58.1 Å². The molecule has 0 spiro atoms. The summed E-state index contributed by atoms with van der Waals surface area (Å²) in [5.74, 6) is 0. The van der Waals surface area contributed by atoms with Crippen molar-refractivity contribution in [2.24, 2.45) is 11.1 Å². The van der Waals surface area contributed by atoms with Gasteiger partial charge in [-0.15, -0.1) is 0 Å². The van der Waals surface area contributed by atoms with Gasteiger partial charge in [0.25, 0.3) is 0 Å². The molecule has 2 heteroatoms. The van der Waals surface area contributed by atoms with Gasteiger partial charge in [0.05, 0.1) is 0 Å². The molecule has 1 aromatic carbocycles. The number of nitrogens with zero attached hydrogens (tertiary/aromatic N) is 1. The fraction of sp³-hybridized carbons (Fsp3) is 0.667. The van der Waals surface area contributed by atoms with Crippen molar-refractivity contribution < 1.29 is 0 Å². The number of nitrogens with two attached hydrogens (primary N) is 1. The topological polar surface area (TPSA) is 29.3 Å². The van der Waals surface area contributed by atoms with Gasteiger partial charge in [0.1, 0.15) is 0 Å². The summed E-state index contributed by atoms with van der Waals surface area (Å²) in [4.78, 5) is 2.64. The fourth-order valence-electron chi connectivity index (χ4n) is 3.72. The minimum atomic E-state index is 0.130. The first kappa shape index (κ1) is 15.5. The summed E-state index contributed by atoms with van der Waals surface area (Å²) in [5.41, 5.74) is 8.36. The Kier molecular flexibility index (Phi) is 5.22. The molecule has 2 nitrogen and oxygen atoms in total. The first-order valence-electron chi connectivity index (χ1n) is 8.20. The Morgan fingerprint density at radius 2 is 1.80 bits per heavy atom. The van der Waals surface area contributed by atoms with E-state index in [4.69, 9.17) is 5.73 Å². The SMILES string of the molecule is CCC(C(N)c1ccccc1)N1CCC(CC)(CC)C1. The van der Waals surface area contributed by atoms with E-state index in [-0.39, 0.29) is 6.04 Å². The van der Waals surface area contributed by atoms with Crippen LogP contribution in [0.5, 0.6) is 0 Å². The normalized spacial score (nSPS) is 21.8. The average Bonchev–Trinajstić information content (AvgIpc) is 2.94. The highest BCUT2D eigenvalue weighted by molar-refractivity contribution is 5.20. The molecule has 1 aromatic rings. The predicted octanol–water partition coefficient (Wildman–Crippen LogP) is 3.98. The maximum atomic E-state index is 6.56. The van der Waals surface area contributed by atoms with E-state index < -0.39 is 0 Å². The van der Waals surface area contributed by atoms with Gasteiger partial charge < -0.3 is 5.73 Å². The zero-order valence-electron chi connectivity index (χ0n) is 13.3. The Hall–Kier alpha value is -0.860. The van der Waals surface area contributed by atoms with Gasteiger partial charge in [-0.05, 0) is 43.2 Å². The van der Waals surface area contributed by atoms with Gasteiger partial charge in [-0.2, -0.15) is 0 Å². The molecule has 2 unspecified atom stereocenters. The summed E-state index contributed by atoms with van der Waals surface area (Å²) in [5, 5.41) is 0. The van der Waals surface area contributed by atoms with Crippen LogP contribution in [0.2, 0.25) is 0 Å². The predicted molar refractivity (Wildman–Crippen MR) is 86.7 cm³/mol. The molecule has 2 N–H and O–H groups in total. The second-order valence-corrected chi connectivity index (χ2v) is 6.34. The van der Waals surface area contributed by atoms with Gasteiger partial charge in [0.2, 0.25) is 0 Å². The van der Waals surface area contributed by atoms with Crippen LogP contribution in [-0.2, 0) is 0 Å². The Balaban J connectivity index is 2.10. The van der Waals surface area contributed by atoms with E-state index in [1.165, 1.54) is 37.9 Å². The second kappa shape index (κ2) is 6.73. The summed E-state index contributed by atoms with van der Waals surface area (Å²) in [7, 11) is 0. The molecule has 1 aliphatic rings. The summed E-state index contributed by atoms with van der Waals surface area (Å²) in [6, 6.07) is 11.2. The quantitative estimate of drug-likeness (QED) is 0.850. The third-order valence-corrected chi connectivity index (χ3v) is 5.45. The van der Waals surface area contributed by atoms with Crippen molar-refractivity contribution >= 4 is 0 Å². The summed E-state index contributed by atoms with van der Waals surface area (Å²) in [6.45, 7) is 9.38. The summed E-state index contributed by atoms with van der Waals surface area (Å²) in [6.07, 6.45) is 5.03. The minimum absolute atomic E-state index is 0.130. The lowest BCUT2D eigenvalue weighted by Crippen LogP contribution is -2.42. The van der Waals surface area contributed by atoms with Crippen molar-refractivity contribution in [1.82, 2.24) is 4.90 Å². The van der Waals surface area contributed by atoms with Crippen LogP contribution in [0.4, 0.5) is 0 Å². The van der Waals surface area contributed by atoms with Crippen molar-refractivity contribution in [3.8, 4) is 0 Å². The molecule has 0 amide bonds. The molecule has 1 aliphatic heterocycles. The van der Waals surface area contributed by atoms with E-state index in [1.54, 1.807) is 0 Å². The fourth-order valence-corrected chi connectivity index (χ4v) is 3.72. The number of hydrogen-bond donors (Lipinski definition) is 1. The lowest BCUT2D eigenvalue weighted by molar-refractivity contribution is 0.169. The highest BCUT2D eigenvalue weighted by Gasteiger charge is 2.38. The van der Waals surface area contributed by atoms with Crippen LogP contribution in [0.3, 0.4) is 0 Å². The molecular formula is C18H30N2. The Labute approximate surface area is 124 Å². The van der Waals surface area contributed by atoms with E-state index in [9.17, 15) is 0 Å². The Bertz CT molecular complexity index is 397. The number of benzene rings is 1. The van der Waals surface area contributed by atoms with Crippen molar-refractivity contribution in [3.05, 3.63) is 35.9 Å². The van der Waals surface area contributed by atoms with E-state index in [2.05, 4.69) is 56.0 Å². The molecule has 0 aliphatic carbocycles. The van der Waals surface area contributed by atoms with Gasteiger partial charge in [-0.1, -0.05) is 51.1 Å². The van der Waals surface area contributed by atoms with E-state index in [1.807, 2.05) is 0 Å². The maximum absolute atomic E-state index is 6.56. The Morgan fingerprint density at radius 3 is 2.30 bits per heavy atom. The van der Waals surface area contributed by atoms with Gasteiger partial charge in [-0.25, -0.2) is 0 Å². The van der Waals surface area contributed by atoms with Gasteiger partial charge in [-0.3, -0.25) is 4.90 Å². The molecule has 2 rings (SSSR count). The van der Waals surface area contributed by atoms with E-state index in [0.717, 1.165) is 6.42 Å². The Morgan fingerprint density at radius 1 is 1.15 bits per heavy atom. The highest BCUT2D eigenvalue weighted by Crippen LogP contribution is 2.39. The first-order chi connectivity index (χ1) is 9.65. The monoisotopic (exact) mass is 274 g/mol. The third kappa shape index (κ3) is 3.07. The third-order valence-electron chi connectivity index (χ3n) is 5.45. The molecular weight excluding hydrogens is 244 g/mol. The zero-order valence-corrected chi connectivity index (χ0v) is 13.3. The lowest BCUT2D eigenvalue weighted by atomic mass is 9.82. The van der Waals surface area contributed by atoms with E-state index in [0.29, 0.717) is 11.5 Å². The lowest BCUT2D eigenvalue weighted by Gasteiger charge is -2.34. The van der Waals surface area contributed by atoms with Crippen LogP contribution in [-0.4, -0.2) is 24.0 Å². The zero-order chi connectivity index (χ0) is 14.6. The highest BCUT2D eigenvalue weighted by atomic mass is 15.2. The molecule has 112 valence electrons. The minimum Gasteiger partial charge on any atom is -0.323 e. The van der Waals surface area contributed by atoms with Gasteiger partial charge in [0, 0.05) is 18.6 Å². The standard InChI is InChI=1S/C18H30N2/c1-4-16(17(19)15-10-8-7-9-11-15)20-13-12-18(5-2,6-3)14-20/h7-11,16-17H,4-6,12-14,19H2,1-3H3. The smallest absolute Gasteiger partial charge is 0.0453 e. The molecule has 2 atom stereocenters. The molecule has 0 bridgehead atoms. The van der Waals surface area contributed by atoms with Crippen LogP contribution in [0.25, 0.3) is 0 Å². The van der Waals surface area contributed by atoms with Crippen molar-refractivity contribution in [2.75, 3.05) is 13.1 Å². The number of rotatable bonds is 6. The maximum Gasteiger partial charge on any atom is 0.0453 e. The first-order valence-corrected chi connectivity index (χ1v) is 8.20. The van der Waals surface area contributed by atoms with Crippen molar-refractivity contribution in [3.63, 3.8) is 0 Å². The van der Waals surface area contributed by atoms with E-state index >= 15 is 0 Å². The number of hydrogen-bond acceptors (Lipinski definition) is 2. The molecule has 1 heterocycles.